The molecule has 3 aromatic rings. The first-order chi connectivity index (χ1) is 13.6. The standard InChI is InChI=1S/C21H21N3O4/c1-3-24(4-2)20(25)18(15-8-6-5-7-9-15)28-21(26)17-12-10-16(11-13-17)19-23-22-14-27-19/h5-14,18H,3-4H2,1-2H3/t18-/m0/s1. The van der Waals surface area contributed by atoms with Gasteiger partial charge in [0.2, 0.25) is 18.4 Å². The van der Waals surface area contributed by atoms with Crippen LogP contribution in [0.4, 0.5) is 0 Å². The zero-order chi connectivity index (χ0) is 19.9. The maximum atomic E-state index is 12.9. The maximum absolute atomic E-state index is 12.9. The summed E-state index contributed by atoms with van der Waals surface area (Å²) in [5.74, 6) is -0.461. The van der Waals surface area contributed by atoms with Crippen molar-refractivity contribution < 1.29 is 18.7 Å². The van der Waals surface area contributed by atoms with Gasteiger partial charge in [0.1, 0.15) is 0 Å². The van der Waals surface area contributed by atoms with E-state index in [0.717, 1.165) is 0 Å². The Balaban J connectivity index is 1.82. The molecule has 0 N–H and O–H groups in total. The number of carbonyl (C=O) groups excluding carboxylic acids is 2. The summed E-state index contributed by atoms with van der Waals surface area (Å²) in [6, 6.07) is 15.6. The second-order valence-electron chi connectivity index (χ2n) is 6.03. The fraction of sp³-hybridized carbons (Fsp3) is 0.238. The van der Waals surface area contributed by atoms with Crippen molar-refractivity contribution in [3.63, 3.8) is 0 Å². The molecule has 2 aromatic carbocycles. The van der Waals surface area contributed by atoms with E-state index in [1.54, 1.807) is 41.3 Å². The summed E-state index contributed by atoms with van der Waals surface area (Å²) in [4.78, 5) is 27.2. The van der Waals surface area contributed by atoms with Crippen molar-refractivity contribution in [1.82, 2.24) is 15.1 Å². The molecule has 0 aliphatic rings. The molecule has 28 heavy (non-hydrogen) atoms. The second-order valence-corrected chi connectivity index (χ2v) is 6.03. The van der Waals surface area contributed by atoms with Gasteiger partial charge in [0.05, 0.1) is 5.56 Å². The van der Waals surface area contributed by atoms with Gasteiger partial charge in [-0.05, 0) is 38.1 Å². The van der Waals surface area contributed by atoms with Crippen molar-refractivity contribution >= 4 is 11.9 Å². The van der Waals surface area contributed by atoms with Gasteiger partial charge >= 0.3 is 5.97 Å². The molecule has 7 nitrogen and oxygen atoms in total. The van der Waals surface area contributed by atoms with E-state index in [4.69, 9.17) is 9.15 Å². The van der Waals surface area contributed by atoms with Gasteiger partial charge in [0.15, 0.2) is 0 Å². The third-order valence-corrected chi connectivity index (χ3v) is 4.35. The first-order valence-electron chi connectivity index (χ1n) is 9.05. The van der Waals surface area contributed by atoms with Crippen molar-refractivity contribution in [3.8, 4) is 11.5 Å². The Hall–Kier alpha value is -3.48. The predicted molar refractivity (Wildman–Crippen MR) is 102 cm³/mol. The van der Waals surface area contributed by atoms with Crippen LogP contribution in [0.25, 0.3) is 11.5 Å². The number of carbonyl (C=O) groups is 2. The number of benzene rings is 2. The number of aromatic nitrogens is 2. The van der Waals surface area contributed by atoms with E-state index in [1.165, 1.54) is 6.39 Å². The van der Waals surface area contributed by atoms with Crippen molar-refractivity contribution in [2.45, 2.75) is 20.0 Å². The first kappa shape index (κ1) is 19.3. The lowest BCUT2D eigenvalue weighted by molar-refractivity contribution is -0.140. The highest BCUT2D eigenvalue weighted by Gasteiger charge is 2.28. The number of hydrogen-bond donors (Lipinski definition) is 0. The summed E-state index contributed by atoms with van der Waals surface area (Å²) < 4.78 is 10.8. The van der Waals surface area contributed by atoms with Gasteiger partial charge in [-0.1, -0.05) is 30.3 Å². The minimum atomic E-state index is -0.996. The Labute approximate surface area is 162 Å². The molecule has 1 amide bonds. The topological polar surface area (TPSA) is 85.5 Å². The normalized spacial score (nSPS) is 11.6. The van der Waals surface area contributed by atoms with Gasteiger partial charge in [0, 0.05) is 24.2 Å². The quantitative estimate of drug-likeness (QED) is 0.584. The van der Waals surface area contributed by atoms with Gasteiger partial charge < -0.3 is 14.1 Å². The van der Waals surface area contributed by atoms with Crippen LogP contribution in [0.15, 0.2) is 65.4 Å². The van der Waals surface area contributed by atoms with Crippen molar-refractivity contribution in [1.29, 1.82) is 0 Å². The van der Waals surface area contributed by atoms with E-state index in [-0.39, 0.29) is 5.91 Å². The van der Waals surface area contributed by atoms with E-state index in [2.05, 4.69) is 10.2 Å². The van der Waals surface area contributed by atoms with E-state index in [1.807, 2.05) is 32.0 Å². The Morgan fingerprint density at radius 3 is 2.29 bits per heavy atom. The number of nitrogens with zero attached hydrogens (tertiary/aromatic N) is 3. The zero-order valence-corrected chi connectivity index (χ0v) is 15.7. The Morgan fingerprint density at radius 2 is 1.71 bits per heavy atom. The van der Waals surface area contributed by atoms with Gasteiger partial charge in [-0.3, -0.25) is 4.79 Å². The van der Waals surface area contributed by atoms with Crippen LogP contribution in [0.3, 0.4) is 0 Å². The second kappa shape index (κ2) is 8.94. The minimum absolute atomic E-state index is 0.243. The molecular weight excluding hydrogens is 358 g/mol. The fourth-order valence-corrected chi connectivity index (χ4v) is 2.81. The number of amides is 1. The van der Waals surface area contributed by atoms with E-state index < -0.39 is 12.1 Å². The van der Waals surface area contributed by atoms with Crippen LogP contribution in [-0.2, 0) is 9.53 Å². The predicted octanol–water partition coefficient (Wildman–Crippen LogP) is 3.50. The zero-order valence-electron chi connectivity index (χ0n) is 15.7. The molecule has 1 atom stereocenters. The van der Waals surface area contributed by atoms with E-state index in [9.17, 15) is 9.59 Å². The van der Waals surface area contributed by atoms with Crippen LogP contribution in [-0.4, -0.2) is 40.1 Å². The third kappa shape index (κ3) is 4.25. The molecule has 1 heterocycles. The van der Waals surface area contributed by atoms with Crippen LogP contribution in [0.5, 0.6) is 0 Å². The van der Waals surface area contributed by atoms with Crippen molar-refractivity contribution in [3.05, 3.63) is 72.1 Å². The Morgan fingerprint density at radius 1 is 1.04 bits per heavy atom. The highest BCUT2D eigenvalue weighted by molar-refractivity contribution is 5.93. The molecular formula is C21H21N3O4. The van der Waals surface area contributed by atoms with Crippen LogP contribution >= 0.6 is 0 Å². The summed E-state index contributed by atoms with van der Waals surface area (Å²) in [6.07, 6.45) is 0.241. The van der Waals surface area contributed by atoms with Crippen LogP contribution in [0.2, 0.25) is 0 Å². The fourth-order valence-electron chi connectivity index (χ4n) is 2.81. The SMILES string of the molecule is CCN(CC)C(=O)[C@@H](OC(=O)c1ccc(-c2nnco2)cc1)c1ccccc1. The number of rotatable bonds is 7. The molecule has 0 spiro atoms. The largest absolute Gasteiger partial charge is 0.444 e. The average Bonchev–Trinajstić information content (AvgIpc) is 3.28. The molecule has 7 heteroatoms. The Kier molecular flexibility index (Phi) is 6.16. The molecule has 0 saturated carbocycles. The molecule has 0 aliphatic carbocycles. The lowest BCUT2D eigenvalue weighted by atomic mass is 10.1. The number of hydrogen-bond acceptors (Lipinski definition) is 6. The first-order valence-corrected chi connectivity index (χ1v) is 9.05. The van der Waals surface area contributed by atoms with E-state index >= 15 is 0 Å². The summed E-state index contributed by atoms with van der Waals surface area (Å²) in [5.41, 5.74) is 1.65. The lowest BCUT2D eigenvalue weighted by Gasteiger charge is -2.25. The highest BCUT2D eigenvalue weighted by atomic mass is 16.5. The van der Waals surface area contributed by atoms with Gasteiger partial charge in [-0.15, -0.1) is 10.2 Å². The molecule has 0 saturated heterocycles. The van der Waals surface area contributed by atoms with Gasteiger partial charge in [-0.25, -0.2) is 4.79 Å². The van der Waals surface area contributed by atoms with Gasteiger partial charge in [-0.2, -0.15) is 0 Å². The summed E-state index contributed by atoms with van der Waals surface area (Å²) in [5, 5.41) is 7.46. The summed E-state index contributed by atoms with van der Waals surface area (Å²) in [7, 11) is 0. The molecule has 0 unspecified atom stereocenters. The number of ether oxygens (including phenoxy) is 1. The molecule has 144 valence electrons. The summed E-state index contributed by atoms with van der Waals surface area (Å²) in [6.45, 7) is 4.85. The van der Waals surface area contributed by atoms with Crippen molar-refractivity contribution in [2.75, 3.05) is 13.1 Å². The van der Waals surface area contributed by atoms with Gasteiger partial charge in [0.25, 0.3) is 5.91 Å². The number of likely N-dealkylation sites (N-methyl/N-ethyl adjacent to an activating group) is 1. The monoisotopic (exact) mass is 379 g/mol. The maximum Gasteiger partial charge on any atom is 0.339 e. The summed E-state index contributed by atoms with van der Waals surface area (Å²) >= 11 is 0. The molecule has 0 radical (unpaired) electrons. The van der Waals surface area contributed by atoms with E-state index in [0.29, 0.717) is 35.7 Å². The van der Waals surface area contributed by atoms with Crippen LogP contribution in [0.1, 0.15) is 35.9 Å². The Bertz CT molecular complexity index is 905. The minimum Gasteiger partial charge on any atom is -0.444 e. The average molecular weight is 379 g/mol. The molecule has 0 bridgehead atoms. The molecule has 0 fully saturated rings. The molecule has 0 aliphatic heterocycles. The van der Waals surface area contributed by atoms with Crippen LogP contribution < -0.4 is 0 Å². The molecule has 3 rings (SSSR count). The van der Waals surface area contributed by atoms with Crippen molar-refractivity contribution in [2.24, 2.45) is 0 Å². The smallest absolute Gasteiger partial charge is 0.339 e. The lowest BCUT2D eigenvalue weighted by Crippen LogP contribution is -2.36. The van der Waals surface area contributed by atoms with Crippen LogP contribution in [0, 0.1) is 0 Å². The highest BCUT2D eigenvalue weighted by Crippen LogP contribution is 2.23. The third-order valence-electron chi connectivity index (χ3n) is 4.35. The number of esters is 1. The molecule has 1 aromatic heterocycles.